The van der Waals surface area contributed by atoms with E-state index in [1.54, 1.807) is 42.9 Å². The molecule has 7 nitrogen and oxygen atoms in total. The van der Waals surface area contributed by atoms with Crippen LogP contribution in [0.5, 0.6) is 0 Å². The second-order valence-corrected chi connectivity index (χ2v) is 7.79. The number of nitrogens with two attached hydrogens (primary N) is 1. The number of aromatic nitrogens is 2. The molecule has 1 saturated heterocycles. The summed E-state index contributed by atoms with van der Waals surface area (Å²) in [5.41, 5.74) is 10.2. The molecule has 0 aliphatic carbocycles. The third-order valence-corrected chi connectivity index (χ3v) is 5.47. The molecule has 7 heteroatoms. The zero-order valence-corrected chi connectivity index (χ0v) is 17.3. The van der Waals surface area contributed by atoms with Gasteiger partial charge < -0.3 is 11.1 Å². The van der Waals surface area contributed by atoms with E-state index in [1.165, 1.54) is 19.3 Å². The van der Waals surface area contributed by atoms with Gasteiger partial charge in [0.15, 0.2) is 0 Å². The van der Waals surface area contributed by atoms with E-state index in [2.05, 4.69) is 26.3 Å². The van der Waals surface area contributed by atoms with Gasteiger partial charge in [-0.15, -0.1) is 0 Å². The number of carbonyl (C=O) groups excluding carboxylic acids is 1. The van der Waals surface area contributed by atoms with Crippen LogP contribution >= 0.6 is 0 Å². The molecule has 4 rings (SSSR count). The number of piperidine rings is 1. The van der Waals surface area contributed by atoms with E-state index in [-0.39, 0.29) is 5.71 Å². The van der Waals surface area contributed by atoms with E-state index < -0.39 is 5.91 Å². The molecule has 0 bridgehead atoms. The number of anilines is 2. The van der Waals surface area contributed by atoms with Crippen LogP contribution in [0.1, 0.15) is 30.4 Å². The van der Waals surface area contributed by atoms with Crippen LogP contribution in [-0.4, -0.2) is 39.6 Å². The van der Waals surface area contributed by atoms with Crippen LogP contribution < -0.4 is 11.1 Å². The Bertz CT molecular complexity index is 1080. The van der Waals surface area contributed by atoms with Gasteiger partial charge in [0, 0.05) is 53.8 Å². The number of carbonyl (C=O) groups is 1. The second-order valence-electron chi connectivity index (χ2n) is 7.79. The number of nitrogens with one attached hydrogen (secondary N) is 2. The van der Waals surface area contributed by atoms with E-state index in [4.69, 9.17) is 11.1 Å². The molecule has 2 aromatic heterocycles. The van der Waals surface area contributed by atoms with Gasteiger partial charge in [0.1, 0.15) is 5.71 Å². The molecule has 1 aromatic carbocycles. The van der Waals surface area contributed by atoms with Crippen molar-refractivity contribution >= 4 is 23.0 Å². The summed E-state index contributed by atoms with van der Waals surface area (Å²) in [5, 5.41) is 11.1. The van der Waals surface area contributed by atoms with Gasteiger partial charge in [0.05, 0.1) is 0 Å². The number of nitrogen functional groups attached to an aromatic ring is 1. The molecule has 4 N–H and O–H groups in total. The van der Waals surface area contributed by atoms with Crippen molar-refractivity contribution in [2.75, 3.05) is 24.1 Å². The first-order chi connectivity index (χ1) is 15.1. The van der Waals surface area contributed by atoms with Crippen molar-refractivity contribution in [1.82, 2.24) is 14.9 Å². The summed E-state index contributed by atoms with van der Waals surface area (Å²) in [4.78, 5) is 23.4. The molecule has 0 atom stereocenters. The molecule has 1 aliphatic rings. The Morgan fingerprint density at radius 3 is 2.55 bits per heavy atom. The summed E-state index contributed by atoms with van der Waals surface area (Å²) in [7, 11) is 0. The molecule has 158 valence electrons. The lowest BCUT2D eigenvalue weighted by Crippen LogP contribution is -2.29. The topological polar surface area (TPSA) is 108 Å². The second kappa shape index (κ2) is 9.49. The highest BCUT2D eigenvalue weighted by molar-refractivity contribution is 6.48. The van der Waals surface area contributed by atoms with Crippen molar-refractivity contribution in [3.05, 3.63) is 72.3 Å². The molecular weight excluding hydrogens is 388 g/mol. The number of hydrogen-bond donors (Lipinski definition) is 3. The molecule has 31 heavy (non-hydrogen) atoms. The number of likely N-dealkylation sites (tertiary alicyclic amines) is 1. The molecule has 0 radical (unpaired) electrons. The fourth-order valence-corrected chi connectivity index (χ4v) is 3.81. The number of hydrogen-bond acceptors (Lipinski definition) is 6. The fourth-order valence-electron chi connectivity index (χ4n) is 3.81. The lowest BCUT2D eigenvalue weighted by molar-refractivity contribution is -0.110. The molecule has 3 heterocycles. The van der Waals surface area contributed by atoms with Gasteiger partial charge in [-0.05, 0) is 67.4 Å². The van der Waals surface area contributed by atoms with Crippen LogP contribution in [-0.2, 0) is 11.3 Å². The number of rotatable bonds is 6. The highest BCUT2D eigenvalue weighted by Crippen LogP contribution is 2.25. The van der Waals surface area contributed by atoms with Crippen LogP contribution in [0.25, 0.3) is 11.1 Å². The average Bonchev–Trinajstić information content (AvgIpc) is 2.80. The first-order valence-electron chi connectivity index (χ1n) is 10.5. The van der Waals surface area contributed by atoms with Gasteiger partial charge in [0.25, 0.3) is 5.91 Å². The maximum atomic E-state index is 12.6. The molecule has 3 aromatic rings. The molecule has 0 spiro atoms. The van der Waals surface area contributed by atoms with Gasteiger partial charge in [-0.1, -0.05) is 12.5 Å². The largest absolute Gasteiger partial charge is 0.398 e. The van der Waals surface area contributed by atoms with Crippen LogP contribution in [0.2, 0.25) is 0 Å². The first-order valence-corrected chi connectivity index (χ1v) is 10.5. The van der Waals surface area contributed by atoms with Crippen LogP contribution in [0.4, 0.5) is 11.4 Å². The SMILES string of the molecule is N=C(C(=O)Nc1ccncc1)c1cc(-c2cncc(CN3CCCCC3)c2)ccc1N. The quantitative estimate of drug-likeness (QED) is 0.421. The summed E-state index contributed by atoms with van der Waals surface area (Å²) in [5.74, 6) is -0.521. The molecule has 1 fully saturated rings. The summed E-state index contributed by atoms with van der Waals surface area (Å²) >= 11 is 0. The lowest BCUT2D eigenvalue weighted by Gasteiger charge is -2.26. The van der Waals surface area contributed by atoms with E-state index in [9.17, 15) is 4.79 Å². The fraction of sp³-hybridized carbons (Fsp3) is 0.250. The van der Waals surface area contributed by atoms with Gasteiger partial charge in [-0.3, -0.25) is 25.1 Å². The van der Waals surface area contributed by atoms with E-state index in [0.717, 1.165) is 36.3 Å². The minimum Gasteiger partial charge on any atom is -0.398 e. The number of amides is 1. The molecule has 0 unspecified atom stereocenters. The molecule has 1 amide bonds. The minimum atomic E-state index is -0.521. The number of benzene rings is 1. The third-order valence-electron chi connectivity index (χ3n) is 5.47. The van der Waals surface area contributed by atoms with Crippen molar-refractivity contribution in [3.63, 3.8) is 0 Å². The Kier molecular flexibility index (Phi) is 6.33. The van der Waals surface area contributed by atoms with Crippen molar-refractivity contribution in [2.45, 2.75) is 25.8 Å². The highest BCUT2D eigenvalue weighted by atomic mass is 16.1. The van der Waals surface area contributed by atoms with Gasteiger partial charge >= 0.3 is 0 Å². The number of pyridine rings is 2. The van der Waals surface area contributed by atoms with E-state index in [0.29, 0.717) is 16.9 Å². The Morgan fingerprint density at radius 1 is 1.00 bits per heavy atom. The summed E-state index contributed by atoms with van der Waals surface area (Å²) in [6, 6.07) is 10.9. The molecule has 1 aliphatic heterocycles. The van der Waals surface area contributed by atoms with Crippen molar-refractivity contribution in [3.8, 4) is 11.1 Å². The Balaban J connectivity index is 1.54. The van der Waals surface area contributed by atoms with Crippen molar-refractivity contribution in [1.29, 1.82) is 5.41 Å². The monoisotopic (exact) mass is 414 g/mol. The molecular formula is C24H26N6O. The normalized spacial score (nSPS) is 14.2. The predicted octanol–water partition coefficient (Wildman–Crippen LogP) is 3.72. The summed E-state index contributed by atoms with van der Waals surface area (Å²) in [6.45, 7) is 3.13. The van der Waals surface area contributed by atoms with Crippen LogP contribution in [0.15, 0.2) is 61.2 Å². The zero-order valence-electron chi connectivity index (χ0n) is 17.3. The lowest BCUT2D eigenvalue weighted by atomic mass is 9.99. The standard InChI is InChI=1S/C24H26N6O/c25-22-5-4-18(13-21(22)23(26)24(31)29-20-6-8-27-9-7-20)19-12-17(14-28-15-19)16-30-10-2-1-3-11-30/h4-9,12-15,26H,1-3,10-11,16,25H2,(H,27,29,31). The molecule has 0 saturated carbocycles. The zero-order chi connectivity index (χ0) is 21.6. The Morgan fingerprint density at radius 2 is 1.77 bits per heavy atom. The average molecular weight is 415 g/mol. The van der Waals surface area contributed by atoms with Crippen LogP contribution in [0, 0.1) is 5.41 Å². The van der Waals surface area contributed by atoms with Gasteiger partial charge in [-0.2, -0.15) is 0 Å². The maximum absolute atomic E-state index is 12.6. The minimum absolute atomic E-state index is 0.186. The summed E-state index contributed by atoms with van der Waals surface area (Å²) in [6.07, 6.45) is 10.7. The van der Waals surface area contributed by atoms with E-state index in [1.807, 2.05) is 12.3 Å². The Hall–Kier alpha value is -3.58. The van der Waals surface area contributed by atoms with Crippen LogP contribution in [0.3, 0.4) is 0 Å². The maximum Gasteiger partial charge on any atom is 0.274 e. The van der Waals surface area contributed by atoms with Crippen molar-refractivity contribution in [2.24, 2.45) is 0 Å². The third kappa shape index (κ3) is 5.13. The predicted molar refractivity (Wildman–Crippen MR) is 123 cm³/mol. The Labute approximate surface area is 181 Å². The van der Waals surface area contributed by atoms with Gasteiger partial charge in [0.2, 0.25) is 0 Å². The smallest absolute Gasteiger partial charge is 0.274 e. The first kappa shape index (κ1) is 20.7. The van der Waals surface area contributed by atoms with E-state index >= 15 is 0 Å². The summed E-state index contributed by atoms with van der Waals surface area (Å²) < 4.78 is 0. The highest BCUT2D eigenvalue weighted by Gasteiger charge is 2.17. The number of nitrogens with zero attached hydrogens (tertiary/aromatic N) is 3. The van der Waals surface area contributed by atoms with Gasteiger partial charge in [-0.25, -0.2) is 0 Å². The van der Waals surface area contributed by atoms with Crippen molar-refractivity contribution < 1.29 is 4.79 Å².